The minimum absolute atomic E-state index is 0.105. The van der Waals surface area contributed by atoms with Gasteiger partial charge in [0.1, 0.15) is 16.5 Å². The summed E-state index contributed by atoms with van der Waals surface area (Å²) in [6.45, 7) is 2.44. The van der Waals surface area contributed by atoms with Gasteiger partial charge in [-0.25, -0.2) is 4.98 Å². The molecule has 1 saturated heterocycles. The van der Waals surface area contributed by atoms with E-state index >= 15 is 0 Å². The first kappa shape index (κ1) is 25.7. The maximum Gasteiger partial charge on any atom is 0.258 e. The molecule has 2 aliphatic rings. The highest BCUT2D eigenvalue weighted by atomic mass is 35.5. The molecule has 2 aromatic carbocycles. The molecule has 2 N–H and O–H groups in total. The number of hydrogen-bond donors (Lipinski definition) is 2. The van der Waals surface area contributed by atoms with Crippen molar-refractivity contribution in [3.05, 3.63) is 64.3 Å². The number of nitrogens with zero attached hydrogens (tertiary/aromatic N) is 4. The van der Waals surface area contributed by atoms with E-state index in [1.165, 1.54) is 13.3 Å². The third kappa shape index (κ3) is 5.36. The van der Waals surface area contributed by atoms with E-state index in [1.54, 1.807) is 36.2 Å². The molecule has 5 rings (SSSR count). The predicted molar refractivity (Wildman–Crippen MR) is 144 cm³/mol. The molecule has 0 unspecified atom stereocenters. The van der Waals surface area contributed by atoms with Gasteiger partial charge in [-0.05, 0) is 62.8 Å². The van der Waals surface area contributed by atoms with Gasteiger partial charge in [-0.1, -0.05) is 23.7 Å². The maximum absolute atomic E-state index is 12.8. The van der Waals surface area contributed by atoms with Gasteiger partial charge in [0.25, 0.3) is 11.8 Å². The molecule has 38 heavy (non-hydrogen) atoms. The van der Waals surface area contributed by atoms with Crippen LogP contribution in [-0.2, 0) is 6.54 Å². The number of nitrogens with one attached hydrogen (secondary N) is 2. The first-order valence-corrected chi connectivity index (χ1v) is 12.7. The number of amides is 2. The number of fused-ring (bicyclic) bond motifs is 1. The molecule has 0 radical (unpaired) electrons. The molecule has 3 aromatic rings. The number of likely N-dealkylation sites (tertiary alicyclic amines) is 1. The third-order valence-corrected chi connectivity index (χ3v) is 7.02. The molecule has 1 fully saturated rings. The lowest BCUT2D eigenvalue weighted by molar-refractivity contribution is 0.0814. The largest absolute Gasteiger partial charge is 0.495 e. The number of piperidine rings is 1. The summed E-state index contributed by atoms with van der Waals surface area (Å²) >= 11 is 6.32. The number of hydrogen-bond acceptors (Lipinski definition) is 8. The molecule has 1 aromatic heterocycles. The number of carbonyl (C=O) groups is 2. The van der Waals surface area contributed by atoms with Gasteiger partial charge in [0, 0.05) is 25.2 Å². The smallest absolute Gasteiger partial charge is 0.258 e. The van der Waals surface area contributed by atoms with Gasteiger partial charge in [0.15, 0.2) is 0 Å². The van der Waals surface area contributed by atoms with E-state index in [2.05, 4.69) is 32.5 Å². The summed E-state index contributed by atoms with van der Waals surface area (Å²) in [7, 11) is 5.35. The van der Waals surface area contributed by atoms with Crippen LogP contribution in [0.2, 0.25) is 5.02 Å². The summed E-state index contributed by atoms with van der Waals surface area (Å²) in [5.74, 6) is 0.884. The summed E-state index contributed by atoms with van der Waals surface area (Å²) in [5, 5.41) is 6.41. The highest BCUT2D eigenvalue weighted by Crippen LogP contribution is 2.36. The van der Waals surface area contributed by atoms with Gasteiger partial charge < -0.3 is 29.9 Å². The Balaban J connectivity index is 1.32. The van der Waals surface area contributed by atoms with Gasteiger partial charge in [-0.2, -0.15) is 4.98 Å². The van der Waals surface area contributed by atoms with Crippen LogP contribution in [0.5, 0.6) is 17.4 Å². The molecule has 10 nitrogen and oxygen atoms in total. The highest BCUT2D eigenvalue weighted by Gasteiger charge is 2.29. The average molecular weight is 537 g/mol. The first-order valence-electron chi connectivity index (χ1n) is 12.3. The van der Waals surface area contributed by atoms with Crippen molar-refractivity contribution in [2.45, 2.75) is 25.4 Å². The van der Waals surface area contributed by atoms with E-state index in [1.807, 2.05) is 12.1 Å². The number of halogens is 1. The Kier molecular flexibility index (Phi) is 7.35. The number of benzene rings is 2. The van der Waals surface area contributed by atoms with Crippen LogP contribution in [0.25, 0.3) is 0 Å². The standard InChI is InChI=1S/C27H29ClN6O4/c1-33-11-9-18(10-12-33)30-24(35)16-7-8-20(22(13-16)37-3)31-27-29-14-19(28)25(32-27)38-21-6-4-5-17-15-34(2)26(36)23(17)21/h4-8,13-14,18H,9-12,15H2,1-3H3,(H,30,35)(H,29,31,32). The molecule has 2 aliphatic heterocycles. The molecular formula is C27H29ClN6O4. The van der Waals surface area contributed by atoms with Crippen molar-refractivity contribution in [1.82, 2.24) is 25.1 Å². The van der Waals surface area contributed by atoms with Gasteiger partial charge in [-0.15, -0.1) is 0 Å². The van der Waals surface area contributed by atoms with Crippen LogP contribution in [-0.4, -0.2) is 71.9 Å². The normalized spacial score (nSPS) is 15.8. The van der Waals surface area contributed by atoms with Crippen molar-refractivity contribution in [1.29, 1.82) is 0 Å². The number of rotatable bonds is 7. The molecular weight excluding hydrogens is 508 g/mol. The van der Waals surface area contributed by atoms with Crippen molar-refractivity contribution in [3.8, 4) is 17.4 Å². The van der Waals surface area contributed by atoms with E-state index in [-0.39, 0.29) is 34.7 Å². The van der Waals surface area contributed by atoms with E-state index in [0.717, 1.165) is 31.5 Å². The number of anilines is 2. The van der Waals surface area contributed by atoms with Crippen molar-refractivity contribution >= 4 is 35.1 Å². The van der Waals surface area contributed by atoms with Gasteiger partial charge in [0.05, 0.1) is 24.6 Å². The lowest BCUT2D eigenvalue weighted by Gasteiger charge is -2.29. The maximum atomic E-state index is 12.8. The number of aromatic nitrogens is 2. The summed E-state index contributed by atoms with van der Waals surface area (Å²) in [6.07, 6.45) is 3.27. The van der Waals surface area contributed by atoms with Crippen LogP contribution in [0.3, 0.4) is 0 Å². The lowest BCUT2D eigenvalue weighted by Crippen LogP contribution is -2.43. The zero-order valence-corrected chi connectivity index (χ0v) is 22.2. The summed E-state index contributed by atoms with van der Waals surface area (Å²) in [5.41, 5.74) is 2.44. The Bertz CT molecular complexity index is 1380. The van der Waals surface area contributed by atoms with Gasteiger partial charge in [-0.3, -0.25) is 9.59 Å². The Hall–Kier alpha value is -3.89. The van der Waals surface area contributed by atoms with Crippen LogP contribution < -0.4 is 20.1 Å². The Labute approximate surface area is 225 Å². The van der Waals surface area contributed by atoms with Crippen LogP contribution in [0.1, 0.15) is 39.1 Å². The zero-order chi connectivity index (χ0) is 26.8. The fourth-order valence-electron chi connectivity index (χ4n) is 4.62. The predicted octanol–water partition coefficient (Wildman–Crippen LogP) is 4.08. The Morgan fingerprint density at radius 3 is 2.68 bits per heavy atom. The van der Waals surface area contributed by atoms with E-state index < -0.39 is 0 Å². The summed E-state index contributed by atoms with van der Waals surface area (Å²) in [4.78, 5) is 38.0. The van der Waals surface area contributed by atoms with Gasteiger partial charge in [0.2, 0.25) is 11.8 Å². The number of methoxy groups -OCH3 is 1. The number of carbonyl (C=O) groups excluding carboxylic acids is 2. The zero-order valence-electron chi connectivity index (χ0n) is 21.5. The van der Waals surface area contributed by atoms with Crippen LogP contribution in [0.15, 0.2) is 42.6 Å². The summed E-state index contributed by atoms with van der Waals surface area (Å²) in [6, 6.07) is 10.7. The summed E-state index contributed by atoms with van der Waals surface area (Å²) < 4.78 is 11.5. The average Bonchev–Trinajstić information content (AvgIpc) is 3.21. The highest BCUT2D eigenvalue weighted by molar-refractivity contribution is 6.31. The molecule has 0 bridgehead atoms. The van der Waals surface area contributed by atoms with Crippen molar-refractivity contribution in [2.24, 2.45) is 0 Å². The minimum atomic E-state index is -0.140. The molecule has 0 saturated carbocycles. The van der Waals surface area contributed by atoms with E-state index in [9.17, 15) is 9.59 Å². The van der Waals surface area contributed by atoms with Gasteiger partial charge >= 0.3 is 0 Å². The van der Waals surface area contributed by atoms with E-state index in [4.69, 9.17) is 21.1 Å². The Morgan fingerprint density at radius 1 is 1.13 bits per heavy atom. The molecule has 3 heterocycles. The second-order valence-corrected chi connectivity index (χ2v) is 9.90. The third-order valence-electron chi connectivity index (χ3n) is 6.76. The number of ether oxygens (including phenoxy) is 2. The lowest BCUT2D eigenvalue weighted by atomic mass is 10.0. The topological polar surface area (TPSA) is 109 Å². The van der Waals surface area contributed by atoms with Crippen molar-refractivity contribution in [2.75, 3.05) is 39.6 Å². The molecule has 11 heteroatoms. The molecule has 2 amide bonds. The molecule has 0 atom stereocenters. The SMILES string of the molecule is COc1cc(C(=O)NC2CCN(C)CC2)ccc1Nc1ncc(Cl)c(Oc2cccc3c2C(=O)N(C)C3)n1. The van der Waals surface area contributed by atoms with Crippen LogP contribution in [0.4, 0.5) is 11.6 Å². The second kappa shape index (κ2) is 10.8. The minimum Gasteiger partial charge on any atom is -0.495 e. The fraction of sp³-hybridized carbons (Fsp3) is 0.333. The second-order valence-electron chi connectivity index (χ2n) is 9.49. The fourth-order valence-corrected chi connectivity index (χ4v) is 4.75. The quantitative estimate of drug-likeness (QED) is 0.465. The van der Waals surface area contributed by atoms with Crippen molar-refractivity contribution in [3.63, 3.8) is 0 Å². The molecule has 0 spiro atoms. The molecule has 198 valence electrons. The van der Waals surface area contributed by atoms with Crippen LogP contribution >= 0.6 is 11.6 Å². The van der Waals surface area contributed by atoms with Crippen molar-refractivity contribution < 1.29 is 19.1 Å². The first-order chi connectivity index (χ1) is 18.3. The molecule has 0 aliphatic carbocycles. The van der Waals surface area contributed by atoms with E-state index in [0.29, 0.717) is 34.9 Å². The monoisotopic (exact) mass is 536 g/mol. The van der Waals surface area contributed by atoms with Crippen LogP contribution in [0, 0.1) is 0 Å². The Morgan fingerprint density at radius 2 is 1.92 bits per heavy atom.